The molecule has 1 saturated heterocycles. The molecule has 0 N–H and O–H groups in total. The van der Waals surface area contributed by atoms with E-state index in [1.165, 1.54) is 56.6 Å². The first-order valence-electron chi connectivity index (χ1n) is 7.13. The Morgan fingerprint density at radius 3 is 2.89 bits per heavy atom. The SMILES string of the molecule is BrCc1cccnc1N1CCC2CCCCC2C1. The molecule has 3 rings (SSSR count). The average Bonchev–Trinajstić information content (AvgIpc) is 2.46. The summed E-state index contributed by atoms with van der Waals surface area (Å²) in [6.07, 6.45) is 9.07. The first-order chi connectivity index (χ1) is 8.88. The van der Waals surface area contributed by atoms with Crippen molar-refractivity contribution in [3.05, 3.63) is 23.9 Å². The van der Waals surface area contributed by atoms with Gasteiger partial charge in [0.05, 0.1) is 0 Å². The van der Waals surface area contributed by atoms with Crippen LogP contribution in [0.3, 0.4) is 0 Å². The summed E-state index contributed by atoms with van der Waals surface area (Å²) in [5, 5.41) is 0.904. The van der Waals surface area contributed by atoms with Crippen molar-refractivity contribution in [2.75, 3.05) is 18.0 Å². The number of rotatable bonds is 2. The van der Waals surface area contributed by atoms with E-state index in [0.29, 0.717) is 0 Å². The molecule has 0 aromatic carbocycles. The molecule has 1 aliphatic heterocycles. The summed E-state index contributed by atoms with van der Waals surface area (Å²) in [6.45, 7) is 2.42. The van der Waals surface area contributed by atoms with Crippen LogP contribution < -0.4 is 4.90 Å². The predicted molar refractivity (Wildman–Crippen MR) is 79.1 cm³/mol. The van der Waals surface area contributed by atoms with Gasteiger partial charge < -0.3 is 4.90 Å². The Kier molecular flexibility index (Phi) is 3.88. The number of fused-ring (bicyclic) bond motifs is 1. The third-order valence-corrected chi connectivity index (χ3v) is 5.21. The van der Waals surface area contributed by atoms with E-state index in [1.54, 1.807) is 0 Å². The second kappa shape index (κ2) is 5.60. The Balaban J connectivity index is 1.77. The number of hydrogen-bond donors (Lipinski definition) is 0. The number of anilines is 1. The van der Waals surface area contributed by atoms with Gasteiger partial charge in [-0.1, -0.05) is 41.3 Å². The van der Waals surface area contributed by atoms with Crippen molar-refractivity contribution in [1.82, 2.24) is 4.98 Å². The van der Waals surface area contributed by atoms with Gasteiger partial charge >= 0.3 is 0 Å². The van der Waals surface area contributed by atoms with Gasteiger partial charge in [-0.05, 0) is 30.7 Å². The van der Waals surface area contributed by atoms with Crippen molar-refractivity contribution < 1.29 is 0 Å². The predicted octanol–water partition coefficient (Wildman–Crippen LogP) is 3.99. The molecule has 18 heavy (non-hydrogen) atoms. The highest BCUT2D eigenvalue weighted by Crippen LogP contribution is 2.37. The largest absolute Gasteiger partial charge is 0.356 e. The molecule has 2 unspecified atom stereocenters. The number of alkyl halides is 1. The molecule has 0 amide bonds. The molecule has 98 valence electrons. The number of piperidine rings is 1. The molecular formula is C15H21BrN2. The van der Waals surface area contributed by atoms with Crippen molar-refractivity contribution in [3.63, 3.8) is 0 Å². The first-order valence-corrected chi connectivity index (χ1v) is 8.25. The normalized spacial score (nSPS) is 27.9. The Morgan fingerprint density at radius 1 is 1.22 bits per heavy atom. The second-order valence-corrected chi connectivity index (χ2v) is 6.22. The maximum Gasteiger partial charge on any atom is 0.132 e. The summed E-state index contributed by atoms with van der Waals surface area (Å²) in [7, 11) is 0. The van der Waals surface area contributed by atoms with Crippen LogP contribution in [0.1, 0.15) is 37.7 Å². The van der Waals surface area contributed by atoms with Crippen LogP contribution in [0.4, 0.5) is 5.82 Å². The second-order valence-electron chi connectivity index (χ2n) is 5.66. The van der Waals surface area contributed by atoms with Crippen LogP contribution in [0, 0.1) is 11.8 Å². The zero-order chi connectivity index (χ0) is 12.4. The zero-order valence-electron chi connectivity index (χ0n) is 10.8. The van der Waals surface area contributed by atoms with E-state index >= 15 is 0 Å². The maximum atomic E-state index is 4.61. The third-order valence-electron chi connectivity index (χ3n) is 4.60. The third kappa shape index (κ3) is 2.42. The molecule has 0 spiro atoms. The van der Waals surface area contributed by atoms with Crippen LogP contribution in [0.2, 0.25) is 0 Å². The van der Waals surface area contributed by atoms with Gasteiger partial charge in [-0.25, -0.2) is 4.98 Å². The van der Waals surface area contributed by atoms with Gasteiger partial charge in [-0.15, -0.1) is 0 Å². The van der Waals surface area contributed by atoms with Gasteiger partial charge in [-0.2, -0.15) is 0 Å². The molecule has 1 saturated carbocycles. The fraction of sp³-hybridized carbons (Fsp3) is 0.667. The Labute approximate surface area is 118 Å². The minimum absolute atomic E-state index is 0.904. The van der Waals surface area contributed by atoms with Gasteiger partial charge in [0, 0.05) is 30.2 Å². The van der Waals surface area contributed by atoms with Gasteiger partial charge in [0.25, 0.3) is 0 Å². The highest BCUT2D eigenvalue weighted by Gasteiger charge is 2.31. The monoisotopic (exact) mass is 308 g/mol. The molecule has 3 heteroatoms. The van der Waals surface area contributed by atoms with Crippen LogP contribution in [0.15, 0.2) is 18.3 Å². The fourth-order valence-electron chi connectivity index (χ4n) is 3.61. The molecule has 1 aromatic rings. The van der Waals surface area contributed by atoms with Crippen LogP contribution in [-0.4, -0.2) is 18.1 Å². The van der Waals surface area contributed by atoms with Gasteiger partial charge in [0.15, 0.2) is 0 Å². The highest BCUT2D eigenvalue weighted by molar-refractivity contribution is 9.08. The topological polar surface area (TPSA) is 16.1 Å². The number of hydrogen-bond acceptors (Lipinski definition) is 2. The lowest BCUT2D eigenvalue weighted by atomic mass is 9.75. The number of pyridine rings is 1. The van der Waals surface area contributed by atoms with Crippen LogP contribution in [0.5, 0.6) is 0 Å². The molecule has 2 nitrogen and oxygen atoms in total. The lowest BCUT2D eigenvalue weighted by Gasteiger charge is -2.42. The number of nitrogens with zero attached hydrogens (tertiary/aromatic N) is 2. The van der Waals surface area contributed by atoms with Gasteiger partial charge in [0.2, 0.25) is 0 Å². The molecule has 1 aromatic heterocycles. The summed E-state index contributed by atoms with van der Waals surface area (Å²) in [4.78, 5) is 7.12. The van der Waals surface area contributed by atoms with E-state index in [4.69, 9.17) is 0 Å². The number of aromatic nitrogens is 1. The number of halogens is 1. The quantitative estimate of drug-likeness (QED) is 0.768. The van der Waals surface area contributed by atoms with E-state index in [0.717, 1.165) is 17.2 Å². The molecule has 2 aliphatic rings. The standard InChI is InChI=1S/C15H21BrN2/c16-10-13-6-3-8-17-15(13)18-9-7-12-4-1-2-5-14(12)11-18/h3,6,8,12,14H,1-2,4-5,7,9-11H2. The molecule has 2 atom stereocenters. The summed E-state index contributed by atoms with van der Waals surface area (Å²) in [6, 6.07) is 4.22. The Morgan fingerprint density at radius 2 is 2.06 bits per heavy atom. The molecule has 2 fully saturated rings. The minimum atomic E-state index is 0.904. The average molecular weight is 309 g/mol. The maximum absolute atomic E-state index is 4.61. The van der Waals surface area contributed by atoms with Crippen molar-refractivity contribution in [1.29, 1.82) is 0 Å². The molecule has 0 radical (unpaired) electrons. The Bertz CT molecular complexity index is 407. The van der Waals surface area contributed by atoms with E-state index < -0.39 is 0 Å². The summed E-state index contributed by atoms with van der Waals surface area (Å²) in [5.41, 5.74) is 1.33. The van der Waals surface area contributed by atoms with E-state index in [-0.39, 0.29) is 0 Å². The summed E-state index contributed by atoms with van der Waals surface area (Å²) >= 11 is 3.58. The Hall–Kier alpha value is -0.570. The summed E-state index contributed by atoms with van der Waals surface area (Å²) in [5.74, 6) is 3.11. The van der Waals surface area contributed by atoms with Crippen molar-refractivity contribution in [3.8, 4) is 0 Å². The lowest BCUT2D eigenvalue weighted by molar-refractivity contribution is 0.202. The van der Waals surface area contributed by atoms with Crippen molar-refractivity contribution >= 4 is 21.7 Å². The molecule has 2 heterocycles. The van der Waals surface area contributed by atoms with E-state index in [1.807, 2.05) is 12.3 Å². The zero-order valence-corrected chi connectivity index (χ0v) is 12.4. The van der Waals surface area contributed by atoms with Crippen molar-refractivity contribution in [2.45, 2.75) is 37.4 Å². The fourth-order valence-corrected chi connectivity index (χ4v) is 4.05. The van der Waals surface area contributed by atoms with Crippen molar-refractivity contribution in [2.24, 2.45) is 11.8 Å². The first kappa shape index (κ1) is 12.5. The molecule has 0 bridgehead atoms. The van der Waals surface area contributed by atoms with Gasteiger partial charge in [0.1, 0.15) is 5.82 Å². The van der Waals surface area contributed by atoms with E-state index in [9.17, 15) is 0 Å². The summed E-state index contributed by atoms with van der Waals surface area (Å²) < 4.78 is 0. The van der Waals surface area contributed by atoms with E-state index in [2.05, 4.69) is 31.9 Å². The highest BCUT2D eigenvalue weighted by atomic mass is 79.9. The van der Waals surface area contributed by atoms with Gasteiger partial charge in [-0.3, -0.25) is 0 Å². The lowest BCUT2D eigenvalue weighted by Crippen LogP contribution is -2.42. The van der Waals surface area contributed by atoms with Crippen LogP contribution >= 0.6 is 15.9 Å². The smallest absolute Gasteiger partial charge is 0.132 e. The minimum Gasteiger partial charge on any atom is -0.356 e. The molecule has 1 aliphatic carbocycles. The van der Waals surface area contributed by atoms with Crippen LogP contribution in [-0.2, 0) is 5.33 Å². The van der Waals surface area contributed by atoms with Crippen LogP contribution in [0.25, 0.3) is 0 Å². The molecular weight excluding hydrogens is 288 g/mol.